The lowest BCUT2D eigenvalue weighted by Crippen LogP contribution is -2.44. The molecule has 1 aromatic heterocycles. The number of nitrogens with zero attached hydrogens (tertiary/aromatic N) is 2. The van der Waals surface area contributed by atoms with Gasteiger partial charge in [0, 0.05) is 16.6 Å². The summed E-state index contributed by atoms with van der Waals surface area (Å²) in [5.74, 6) is -0.225. The molecule has 8 heteroatoms. The molecule has 1 unspecified atom stereocenters. The van der Waals surface area contributed by atoms with Crippen LogP contribution in [-0.4, -0.2) is 29.4 Å². The maximum absolute atomic E-state index is 13.4. The molecule has 0 saturated carbocycles. The number of rotatable bonds is 2. The van der Waals surface area contributed by atoms with Crippen molar-refractivity contribution in [3.05, 3.63) is 34.6 Å². The van der Waals surface area contributed by atoms with E-state index in [-0.39, 0.29) is 31.2 Å². The molecule has 0 spiro atoms. The maximum Gasteiger partial charge on any atom is 0.404 e. The van der Waals surface area contributed by atoms with Crippen LogP contribution in [0.2, 0.25) is 0 Å². The first kappa shape index (κ1) is 14.5. The lowest BCUT2D eigenvalue weighted by molar-refractivity contribution is -0.191. The monoisotopic (exact) mass is 361 g/mol. The van der Waals surface area contributed by atoms with E-state index in [1.54, 1.807) is 18.2 Å². The fourth-order valence-electron chi connectivity index (χ4n) is 2.40. The van der Waals surface area contributed by atoms with Crippen LogP contribution in [0.4, 0.5) is 13.2 Å². The van der Waals surface area contributed by atoms with Crippen LogP contribution in [0.25, 0.3) is 11.4 Å². The van der Waals surface area contributed by atoms with E-state index in [1.165, 1.54) is 0 Å². The summed E-state index contributed by atoms with van der Waals surface area (Å²) in [6, 6.07) is 7.00. The Balaban J connectivity index is 2.01. The molecule has 0 aliphatic carbocycles. The van der Waals surface area contributed by atoms with Crippen molar-refractivity contribution in [2.75, 3.05) is 13.1 Å². The van der Waals surface area contributed by atoms with Crippen molar-refractivity contribution in [1.82, 2.24) is 15.5 Å². The molecular formula is C13H11BrF3N3O. The highest BCUT2D eigenvalue weighted by Gasteiger charge is 2.61. The molecule has 112 valence electrons. The van der Waals surface area contributed by atoms with Gasteiger partial charge in [0.1, 0.15) is 0 Å². The molecule has 1 aliphatic heterocycles. The van der Waals surface area contributed by atoms with Crippen molar-refractivity contribution in [3.63, 3.8) is 0 Å². The molecule has 1 atom stereocenters. The van der Waals surface area contributed by atoms with Crippen LogP contribution in [0.5, 0.6) is 0 Å². The van der Waals surface area contributed by atoms with Crippen LogP contribution < -0.4 is 5.32 Å². The summed E-state index contributed by atoms with van der Waals surface area (Å²) in [6.07, 6.45) is -4.53. The Morgan fingerprint density at radius 3 is 2.76 bits per heavy atom. The predicted octanol–water partition coefficient (Wildman–Crippen LogP) is 3.29. The van der Waals surface area contributed by atoms with E-state index in [0.717, 1.165) is 4.47 Å². The second kappa shape index (κ2) is 5.10. The average Bonchev–Trinajstić information content (AvgIpc) is 3.08. The molecule has 4 nitrogen and oxygen atoms in total. The van der Waals surface area contributed by atoms with Crippen molar-refractivity contribution in [2.45, 2.75) is 18.0 Å². The molecule has 21 heavy (non-hydrogen) atoms. The van der Waals surface area contributed by atoms with Crippen molar-refractivity contribution in [3.8, 4) is 11.4 Å². The van der Waals surface area contributed by atoms with Crippen LogP contribution in [-0.2, 0) is 5.41 Å². The van der Waals surface area contributed by atoms with Gasteiger partial charge in [-0.2, -0.15) is 18.2 Å². The molecule has 1 aliphatic rings. The maximum atomic E-state index is 13.4. The third kappa shape index (κ3) is 2.46. The first-order valence-corrected chi connectivity index (χ1v) is 7.09. The third-order valence-electron chi connectivity index (χ3n) is 3.62. The van der Waals surface area contributed by atoms with Crippen LogP contribution in [0.15, 0.2) is 33.3 Å². The van der Waals surface area contributed by atoms with E-state index in [4.69, 9.17) is 4.52 Å². The number of hydrogen-bond donors (Lipinski definition) is 1. The first-order chi connectivity index (χ1) is 9.92. The number of hydrogen-bond acceptors (Lipinski definition) is 4. The number of alkyl halides is 3. The van der Waals surface area contributed by atoms with Gasteiger partial charge in [0.05, 0.1) is 0 Å². The topological polar surface area (TPSA) is 51.0 Å². The number of halogens is 4. The Labute approximate surface area is 126 Å². The van der Waals surface area contributed by atoms with E-state index in [2.05, 4.69) is 31.4 Å². The summed E-state index contributed by atoms with van der Waals surface area (Å²) in [4.78, 5) is 3.98. The van der Waals surface area contributed by atoms with Gasteiger partial charge >= 0.3 is 6.18 Å². The Hall–Kier alpha value is -1.41. The van der Waals surface area contributed by atoms with E-state index < -0.39 is 11.6 Å². The molecule has 2 aromatic rings. The smallest absolute Gasteiger partial charge is 0.338 e. The van der Waals surface area contributed by atoms with Crippen molar-refractivity contribution in [2.24, 2.45) is 0 Å². The van der Waals surface area contributed by atoms with E-state index >= 15 is 0 Å². The molecule has 1 aromatic carbocycles. The Morgan fingerprint density at radius 2 is 2.14 bits per heavy atom. The van der Waals surface area contributed by atoms with Crippen LogP contribution in [0, 0.1) is 0 Å². The fourth-order valence-corrected chi connectivity index (χ4v) is 2.80. The number of benzene rings is 1. The summed E-state index contributed by atoms with van der Waals surface area (Å²) in [7, 11) is 0. The Kier molecular flexibility index (Phi) is 3.53. The van der Waals surface area contributed by atoms with Gasteiger partial charge in [-0.1, -0.05) is 33.2 Å². The lowest BCUT2D eigenvalue weighted by Gasteiger charge is -2.26. The summed E-state index contributed by atoms with van der Waals surface area (Å²) in [5, 5.41) is 6.42. The average molecular weight is 362 g/mol. The highest BCUT2D eigenvalue weighted by atomic mass is 79.9. The highest BCUT2D eigenvalue weighted by molar-refractivity contribution is 9.10. The van der Waals surface area contributed by atoms with Gasteiger partial charge < -0.3 is 9.84 Å². The Morgan fingerprint density at radius 1 is 1.33 bits per heavy atom. The van der Waals surface area contributed by atoms with Gasteiger partial charge in [0.2, 0.25) is 11.7 Å². The summed E-state index contributed by atoms with van der Waals surface area (Å²) in [5.41, 5.74) is -1.49. The van der Waals surface area contributed by atoms with Crippen LogP contribution in [0.1, 0.15) is 12.3 Å². The zero-order valence-corrected chi connectivity index (χ0v) is 12.3. The molecular weight excluding hydrogens is 351 g/mol. The molecule has 0 amide bonds. The summed E-state index contributed by atoms with van der Waals surface area (Å²) < 4.78 is 45.9. The van der Waals surface area contributed by atoms with Gasteiger partial charge in [0.25, 0.3) is 0 Å². The molecule has 1 saturated heterocycles. The third-order valence-corrected chi connectivity index (χ3v) is 4.11. The summed E-state index contributed by atoms with van der Waals surface area (Å²) >= 11 is 3.30. The normalized spacial score (nSPS) is 22.7. The van der Waals surface area contributed by atoms with E-state index in [9.17, 15) is 13.2 Å². The molecule has 2 heterocycles. The van der Waals surface area contributed by atoms with Crippen LogP contribution >= 0.6 is 15.9 Å². The zero-order valence-electron chi connectivity index (χ0n) is 10.7. The quantitative estimate of drug-likeness (QED) is 0.891. The van der Waals surface area contributed by atoms with E-state index in [0.29, 0.717) is 5.56 Å². The minimum Gasteiger partial charge on any atom is -0.338 e. The molecule has 0 radical (unpaired) electrons. The number of nitrogens with one attached hydrogen (secondary N) is 1. The van der Waals surface area contributed by atoms with Gasteiger partial charge in [-0.05, 0) is 25.1 Å². The van der Waals surface area contributed by atoms with Gasteiger partial charge in [-0.3, -0.25) is 0 Å². The standard InChI is InChI=1S/C13H11BrF3N3O/c14-9-3-1-2-8(6-9)10-19-11(21-20-10)12(13(15,16)17)4-5-18-7-12/h1-3,6,18H,4-5,7H2. The number of aromatic nitrogens is 2. The SMILES string of the molecule is FC(F)(F)C1(c2nc(-c3cccc(Br)c3)no2)CCNC1. The second-order valence-corrected chi connectivity index (χ2v) is 5.86. The highest BCUT2D eigenvalue weighted by Crippen LogP contribution is 2.45. The second-order valence-electron chi connectivity index (χ2n) is 4.94. The Bertz CT molecular complexity index is 650. The van der Waals surface area contributed by atoms with Crippen molar-refractivity contribution < 1.29 is 17.7 Å². The minimum atomic E-state index is -4.43. The zero-order chi connectivity index (χ0) is 15.1. The summed E-state index contributed by atoms with van der Waals surface area (Å²) in [6.45, 7) is 0.0325. The van der Waals surface area contributed by atoms with Crippen molar-refractivity contribution in [1.29, 1.82) is 0 Å². The van der Waals surface area contributed by atoms with Gasteiger partial charge in [-0.25, -0.2) is 0 Å². The molecule has 0 bridgehead atoms. The minimum absolute atomic E-state index is 0.101. The molecule has 3 rings (SSSR count). The lowest BCUT2D eigenvalue weighted by atomic mass is 9.86. The largest absolute Gasteiger partial charge is 0.404 e. The van der Waals surface area contributed by atoms with E-state index in [1.807, 2.05) is 6.07 Å². The molecule has 1 N–H and O–H groups in total. The van der Waals surface area contributed by atoms with Crippen molar-refractivity contribution >= 4 is 15.9 Å². The first-order valence-electron chi connectivity index (χ1n) is 6.30. The van der Waals surface area contributed by atoms with Gasteiger partial charge in [-0.15, -0.1) is 0 Å². The fraction of sp³-hybridized carbons (Fsp3) is 0.385. The van der Waals surface area contributed by atoms with Crippen LogP contribution in [0.3, 0.4) is 0 Å². The molecule has 1 fully saturated rings. The van der Waals surface area contributed by atoms with Gasteiger partial charge in [0.15, 0.2) is 5.41 Å². The predicted molar refractivity (Wildman–Crippen MR) is 72.7 cm³/mol.